The number of piperidine rings is 1. The van der Waals surface area contributed by atoms with Crippen LogP contribution in [0.25, 0.3) is 0 Å². The first-order valence-corrected chi connectivity index (χ1v) is 7.20. The Bertz CT molecular complexity index is 197. The highest BCUT2D eigenvalue weighted by atomic mass is 15.1. The summed E-state index contributed by atoms with van der Waals surface area (Å²) in [6.07, 6.45) is 7.04. The average Bonchev–Trinajstić information content (AvgIpc) is 2.67. The molecule has 0 spiro atoms. The monoisotopic (exact) mass is 224 g/mol. The first-order chi connectivity index (χ1) is 7.74. The van der Waals surface area contributed by atoms with E-state index < -0.39 is 0 Å². The first kappa shape index (κ1) is 12.4. The molecule has 0 aromatic heterocycles. The summed E-state index contributed by atoms with van der Waals surface area (Å²) in [5, 5.41) is 3.73. The van der Waals surface area contributed by atoms with E-state index in [1.807, 2.05) is 0 Å². The van der Waals surface area contributed by atoms with E-state index in [-0.39, 0.29) is 0 Å². The van der Waals surface area contributed by atoms with Crippen molar-refractivity contribution in [2.45, 2.75) is 52.0 Å². The van der Waals surface area contributed by atoms with Crippen molar-refractivity contribution in [3.63, 3.8) is 0 Å². The molecule has 0 aromatic carbocycles. The van der Waals surface area contributed by atoms with Gasteiger partial charge in [0.1, 0.15) is 0 Å². The number of hydrogen-bond acceptors (Lipinski definition) is 2. The van der Waals surface area contributed by atoms with Crippen LogP contribution in [0.3, 0.4) is 0 Å². The fourth-order valence-corrected chi connectivity index (χ4v) is 3.10. The Morgan fingerprint density at radius 3 is 2.38 bits per heavy atom. The molecule has 94 valence electrons. The summed E-state index contributed by atoms with van der Waals surface area (Å²) in [6.45, 7) is 9.88. The van der Waals surface area contributed by atoms with Crippen LogP contribution in [0, 0.1) is 11.8 Å². The lowest BCUT2D eigenvalue weighted by molar-refractivity contribution is 0.191. The molecule has 0 amide bonds. The molecule has 2 heteroatoms. The molecule has 2 unspecified atom stereocenters. The van der Waals surface area contributed by atoms with Crippen molar-refractivity contribution in [3.05, 3.63) is 0 Å². The van der Waals surface area contributed by atoms with Crippen molar-refractivity contribution < 1.29 is 0 Å². The van der Waals surface area contributed by atoms with Crippen LogP contribution in [0.2, 0.25) is 0 Å². The maximum atomic E-state index is 3.73. The molecule has 16 heavy (non-hydrogen) atoms. The standard InChI is InChI=1S/C14H28N2/c1-12-5-8-16(9-6-12)10-7-15-14-4-3-13(2)11-14/h12-15H,3-11H2,1-2H3. The highest BCUT2D eigenvalue weighted by Gasteiger charge is 2.21. The van der Waals surface area contributed by atoms with Crippen LogP contribution in [0.4, 0.5) is 0 Å². The van der Waals surface area contributed by atoms with Gasteiger partial charge in [-0.15, -0.1) is 0 Å². The second kappa shape index (κ2) is 6.02. The molecule has 1 saturated carbocycles. The number of likely N-dealkylation sites (tertiary alicyclic amines) is 1. The molecule has 1 aliphatic heterocycles. The Balaban J connectivity index is 1.54. The van der Waals surface area contributed by atoms with Crippen molar-refractivity contribution in [2.75, 3.05) is 26.2 Å². The van der Waals surface area contributed by atoms with Gasteiger partial charge in [-0.25, -0.2) is 0 Å². The van der Waals surface area contributed by atoms with Crippen LogP contribution in [-0.4, -0.2) is 37.1 Å². The highest BCUT2D eigenvalue weighted by molar-refractivity contribution is 4.79. The van der Waals surface area contributed by atoms with Gasteiger partial charge in [-0.3, -0.25) is 0 Å². The number of nitrogens with one attached hydrogen (secondary N) is 1. The van der Waals surface area contributed by atoms with Crippen molar-refractivity contribution in [2.24, 2.45) is 11.8 Å². The van der Waals surface area contributed by atoms with E-state index in [0.717, 1.165) is 17.9 Å². The minimum Gasteiger partial charge on any atom is -0.313 e. The van der Waals surface area contributed by atoms with Crippen molar-refractivity contribution >= 4 is 0 Å². The smallest absolute Gasteiger partial charge is 0.0107 e. The number of nitrogens with zero attached hydrogens (tertiary/aromatic N) is 1. The van der Waals surface area contributed by atoms with Crippen LogP contribution in [-0.2, 0) is 0 Å². The molecular weight excluding hydrogens is 196 g/mol. The Labute approximate surface area is 101 Å². The predicted octanol–water partition coefficient (Wildman–Crippen LogP) is 2.50. The lowest BCUT2D eigenvalue weighted by Gasteiger charge is -2.30. The van der Waals surface area contributed by atoms with E-state index in [2.05, 4.69) is 24.1 Å². The van der Waals surface area contributed by atoms with E-state index in [4.69, 9.17) is 0 Å². The lowest BCUT2D eigenvalue weighted by Crippen LogP contribution is -2.39. The van der Waals surface area contributed by atoms with Gasteiger partial charge in [0.2, 0.25) is 0 Å². The van der Waals surface area contributed by atoms with Gasteiger partial charge < -0.3 is 10.2 Å². The molecule has 0 radical (unpaired) electrons. The second-order valence-electron chi connectivity index (χ2n) is 6.09. The van der Waals surface area contributed by atoms with Gasteiger partial charge in [-0.2, -0.15) is 0 Å². The molecule has 1 N–H and O–H groups in total. The maximum absolute atomic E-state index is 3.73. The second-order valence-corrected chi connectivity index (χ2v) is 6.09. The minimum atomic E-state index is 0.818. The molecular formula is C14H28N2. The fourth-order valence-electron chi connectivity index (χ4n) is 3.10. The summed E-state index contributed by atoms with van der Waals surface area (Å²) in [5.41, 5.74) is 0. The summed E-state index contributed by atoms with van der Waals surface area (Å²) in [5.74, 6) is 1.91. The molecule has 2 aliphatic rings. The zero-order valence-corrected chi connectivity index (χ0v) is 11.0. The Hall–Kier alpha value is -0.0800. The van der Waals surface area contributed by atoms with Gasteiger partial charge in [0.15, 0.2) is 0 Å². The molecule has 0 bridgehead atoms. The van der Waals surface area contributed by atoms with Crippen molar-refractivity contribution in [1.82, 2.24) is 10.2 Å². The summed E-state index contributed by atoms with van der Waals surface area (Å²) in [7, 11) is 0. The highest BCUT2D eigenvalue weighted by Crippen LogP contribution is 2.24. The molecule has 1 heterocycles. The first-order valence-electron chi connectivity index (χ1n) is 7.20. The zero-order valence-electron chi connectivity index (χ0n) is 11.0. The fraction of sp³-hybridized carbons (Fsp3) is 1.00. The van der Waals surface area contributed by atoms with Crippen LogP contribution < -0.4 is 5.32 Å². The van der Waals surface area contributed by atoms with Crippen LogP contribution in [0.1, 0.15) is 46.0 Å². The molecule has 2 rings (SSSR count). The quantitative estimate of drug-likeness (QED) is 0.789. The van der Waals surface area contributed by atoms with E-state index >= 15 is 0 Å². The largest absolute Gasteiger partial charge is 0.313 e. The molecule has 2 atom stereocenters. The van der Waals surface area contributed by atoms with Gasteiger partial charge >= 0.3 is 0 Å². The SMILES string of the molecule is CC1CCN(CCNC2CCC(C)C2)CC1. The Morgan fingerprint density at radius 1 is 1.00 bits per heavy atom. The average molecular weight is 224 g/mol. The topological polar surface area (TPSA) is 15.3 Å². The van der Waals surface area contributed by atoms with Gasteiger partial charge in [-0.05, 0) is 57.0 Å². The van der Waals surface area contributed by atoms with Gasteiger partial charge in [0.05, 0.1) is 0 Å². The van der Waals surface area contributed by atoms with Gasteiger partial charge in [-0.1, -0.05) is 13.8 Å². The summed E-state index contributed by atoms with van der Waals surface area (Å²) in [6, 6.07) is 0.818. The predicted molar refractivity (Wildman–Crippen MR) is 69.6 cm³/mol. The normalized spacial score (nSPS) is 33.4. The maximum Gasteiger partial charge on any atom is 0.0107 e. The number of hydrogen-bond donors (Lipinski definition) is 1. The lowest BCUT2D eigenvalue weighted by atomic mass is 9.99. The van der Waals surface area contributed by atoms with Crippen LogP contribution >= 0.6 is 0 Å². The third-order valence-corrected chi connectivity index (χ3v) is 4.43. The third kappa shape index (κ3) is 3.74. The molecule has 0 aromatic rings. The van der Waals surface area contributed by atoms with E-state index in [1.54, 1.807) is 0 Å². The van der Waals surface area contributed by atoms with Crippen molar-refractivity contribution in [3.8, 4) is 0 Å². The van der Waals surface area contributed by atoms with E-state index in [0.29, 0.717) is 0 Å². The van der Waals surface area contributed by atoms with Crippen molar-refractivity contribution in [1.29, 1.82) is 0 Å². The Morgan fingerprint density at radius 2 is 1.75 bits per heavy atom. The summed E-state index contributed by atoms with van der Waals surface area (Å²) in [4.78, 5) is 2.63. The van der Waals surface area contributed by atoms with Crippen LogP contribution in [0.15, 0.2) is 0 Å². The van der Waals surface area contributed by atoms with E-state index in [1.165, 1.54) is 58.3 Å². The molecule has 2 fully saturated rings. The summed E-state index contributed by atoms with van der Waals surface area (Å²) >= 11 is 0. The van der Waals surface area contributed by atoms with E-state index in [9.17, 15) is 0 Å². The minimum absolute atomic E-state index is 0.818. The third-order valence-electron chi connectivity index (χ3n) is 4.43. The Kier molecular flexibility index (Phi) is 4.66. The molecule has 1 saturated heterocycles. The van der Waals surface area contributed by atoms with Gasteiger partial charge in [0, 0.05) is 19.1 Å². The summed E-state index contributed by atoms with van der Waals surface area (Å²) < 4.78 is 0. The number of rotatable bonds is 4. The molecule has 1 aliphatic carbocycles. The molecule has 2 nitrogen and oxygen atoms in total. The zero-order chi connectivity index (χ0) is 11.4. The van der Waals surface area contributed by atoms with Crippen LogP contribution in [0.5, 0.6) is 0 Å². The van der Waals surface area contributed by atoms with Gasteiger partial charge in [0.25, 0.3) is 0 Å².